The summed E-state index contributed by atoms with van der Waals surface area (Å²) in [6, 6.07) is 18.3. The fourth-order valence-electron chi connectivity index (χ4n) is 8.43. The van der Waals surface area contributed by atoms with Crippen LogP contribution >= 0.6 is 77.2 Å². The molecule has 3 heterocycles. The molecule has 0 bridgehead atoms. The Morgan fingerprint density at radius 3 is 2.12 bits per heavy atom. The summed E-state index contributed by atoms with van der Waals surface area (Å²) in [6.45, 7) is 17.1. The van der Waals surface area contributed by atoms with E-state index in [0.29, 0.717) is 71.1 Å². The van der Waals surface area contributed by atoms with Gasteiger partial charge in [0.15, 0.2) is 4.84 Å². The molecule has 2 aliphatic heterocycles. The zero-order chi connectivity index (χ0) is 63.7. The van der Waals surface area contributed by atoms with Gasteiger partial charge < -0.3 is 49.5 Å². The number of aromatic nitrogens is 3. The van der Waals surface area contributed by atoms with Crippen molar-refractivity contribution in [3.63, 3.8) is 0 Å². The van der Waals surface area contributed by atoms with Crippen molar-refractivity contribution in [2.24, 2.45) is 0 Å². The first-order valence-corrected chi connectivity index (χ1v) is 31.1. The van der Waals surface area contributed by atoms with Gasteiger partial charge >= 0.3 is 19.5 Å². The van der Waals surface area contributed by atoms with Crippen molar-refractivity contribution in [2.75, 3.05) is 77.5 Å². The van der Waals surface area contributed by atoms with Crippen LogP contribution in [0.25, 0.3) is 6.08 Å². The van der Waals surface area contributed by atoms with Gasteiger partial charge in [0, 0.05) is 35.9 Å². The average molecular weight is 1320 g/mol. The number of fused-ring (bicyclic) bond motifs is 1. The van der Waals surface area contributed by atoms with Crippen molar-refractivity contribution in [3.05, 3.63) is 104 Å². The van der Waals surface area contributed by atoms with Gasteiger partial charge in [0.2, 0.25) is 23.1 Å². The minimum atomic E-state index is -4.10. The number of methoxy groups -OCH3 is 1. The molecule has 85 heavy (non-hydrogen) atoms. The Kier molecular flexibility index (Phi) is 31.6. The molecule has 29 heteroatoms. The van der Waals surface area contributed by atoms with Crippen LogP contribution in [-0.2, 0) is 49.2 Å². The first-order chi connectivity index (χ1) is 40.1. The summed E-state index contributed by atoms with van der Waals surface area (Å²) in [5.41, 5.74) is 5.97. The number of aryl methyl sites for hydroxylation is 2. The van der Waals surface area contributed by atoms with Gasteiger partial charge in [0.05, 0.1) is 55.2 Å². The van der Waals surface area contributed by atoms with Crippen LogP contribution in [0.1, 0.15) is 90.8 Å². The molecule has 4 aromatic rings. The number of carboxylic acid groups (broad SMARTS) is 1. The molecular formula is C56H72Cl6N9O13P. The normalized spacial score (nSPS) is 14.8. The number of halogens is 6. The van der Waals surface area contributed by atoms with E-state index in [9.17, 15) is 33.3 Å². The molecular weight excluding hydrogens is 1250 g/mol. The predicted octanol–water partition coefficient (Wildman–Crippen LogP) is 10.6. The maximum Gasteiger partial charge on any atom is 0.349 e. The molecule has 3 aromatic carbocycles. The summed E-state index contributed by atoms with van der Waals surface area (Å²) in [4.78, 5) is 103. The molecule has 7 rings (SSSR count). The monoisotopic (exact) mass is 1320 g/mol. The van der Waals surface area contributed by atoms with Crippen molar-refractivity contribution in [1.82, 2.24) is 20.3 Å². The number of nitrogens with zero attached hydrogens (tertiary/aromatic N) is 6. The maximum absolute atomic E-state index is 12.7. The molecule has 22 nitrogen and oxygen atoms in total. The smallest absolute Gasteiger partial charge is 0.349 e. The van der Waals surface area contributed by atoms with Gasteiger partial charge in [-0.1, -0.05) is 83.7 Å². The number of para-hydroxylation sites is 3. The second-order valence-electron chi connectivity index (χ2n) is 19.0. The van der Waals surface area contributed by atoms with E-state index in [4.69, 9.17) is 98.7 Å². The Hall–Kier alpha value is -5.62. The van der Waals surface area contributed by atoms with E-state index in [-0.39, 0.29) is 64.6 Å². The lowest BCUT2D eigenvalue weighted by atomic mass is 9.93. The molecule has 0 saturated heterocycles. The van der Waals surface area contributed by atoms with E-state index in [1.165, 1.54) is 11.0 Å². The molecule has 0 saturated carbocycles. The van der Waals surface area contributed by atoms with E-state index in [1.807, 2.05) is 77.9 Å². The van der Waals surface area contributed by atoms with Gasteiger partial charge in [-0.3, -0.25) is 33.9 Å². The molecule has 4 amide bonds. The van der Waals surface area contributed by atoms with E-state index in [2.05, 4.69) is 43.9 Å². The molecule has 6 N–H and O–H groups in total. The number of nitrogens with one attached hydrogen (secondary N) is 3. The van der Waals surface area contributed by atoms with E-state index in [1.54, 1.807) is 42.0 Å². The van der Waals surface area contributed by atoms with Crippen LogP contribution in [0.5, 0.6) is 5.75 Å². The third-order valence-electron chi connectivity index (χ3n) is 12.0. The molecule has 2 unspecified atom stereocenters. The number of aliphatic carboxylic acids is 1. The predicted molar refractivity (Wildman–Crippen MR) is 335 cm³/mol. The lowest BCUT2D eigenvalue weighted by molar-refractivity contribution is -0.138. The zero-order valence-electron chi connectivity index (χ0n) is 48.5. The summed E-state index contributed by atoms with van der Waals surface area (Å²) in [7, 11) is -2.46. The lowest BCUT2D eigenvalue weighted by Crippen LogP contribution is -2.47. The summed E-state index contributed by atoms with van der Waals surface area (Å²) in [6.07, 6.45) is 4.73. The number of carbonyl (C=O) groups excluding carboxylic acids is 5. The molecule has 2 atom stereocenters. The van der Waals surface area contributed by atoms with Gasteiger partial charge in [-0.15, -0.1) is 11.6 Å². The summed E-state index contributed by atoms with van der Waals surface area (Å²) in [5.74, 6) is -1.12. The number of hydrogen-bond acceptors (Lipinski definition) is 16. The van der Waals surface area contributed by atoms with Crippen LogP contribution in [-0.4, -0.2) is 141 Å². The zero-order valence-corrected chi connectivity index (χ0v) is 53.9. The van der Waals surface area contributed by atoms with Crippen LogP contribution in [0.4, 0.5) is 29.0 Å². The summed E-state index contributed by atoms with van der Waals surface area (Å²) < 4.78 is 25.6. The van der Waals surface area contributed by atoms with Crippen LogP contribution in [0.3, 0.4) is 0 Å². The SMILES string of the molecule is CC1COc2ccccc2N1C(=O)C(Cl)Cl.CCNc1nc(Cl)nc(NC(C)C)n1.CCOC(=O)/C(Cl)=C/c1cc(N2C(=O)C3=C(CCCC3)C2=O)ccc1Cl.CCc1cccc(C)c1N(C(=O)CCl)C(C)COC.O=C(O)CNCP(=O)(O)O. The highest BCUT2D eigenvalue weighted by atomic mass is 35.5. The molecule has 0 fully saturated rings. The standard InChI is InChI=1S/C19H17Cl2NO4.C15H22ClNO2.C11H11Cl2NO2.C8H14ClN5.C3H8NO5P/c1-2-26-19(25)16(21)10-11-9-12(7-8-15(11)20)22-17(23)13-5-3-4-6-14(13)18(22)24;1-5-13-8-6-7-11(2)15(13)17(14(18)9-16)12(3)10-19-4;1-7-6-16-9-5-3-2-4-8(9)14(7)11(15)10(12)13;1-4-10-7-12-6(9)13-8(14-7)11-5(2)3;5-3(6)1-4-2-10(7,8)9/h7-10H,2-6H2,1H3;6-8,12H,5,9-10H2,1-4H3;2-5,7,10H,6H2,1H3;5H,4H2,1-3H3,(H2,10,11,12,13,14);4H,1-2H2,(H,5,6)(H2,7,8,9)/b16-10-;;;;. The third kappa shape index (κ3) is 23.2. The number of amides is 4. The van der Waals surface area contributed by atoms with E-state index < -0.39 is 37.2 Å². The number of hydrogen-bond donors (Lipinski definition) is 6. The Balaban J connectivity index is 0.000000288. The van der Waals surface area contributed by atoms with Gasteiger partial charge in [0.1, 0.15) is 23.3 Å². The van der Waals surface area contributed by atoms with Crippen molar-refractivity contribution < 1.29 is 62.4 Å². The second-order valence-corrected chi connectivity index (χ2v) is 23.2. The molecule has 466 valence electrons. The van der Waals surface area contributed by atoms with Gasteiger partial charge in [-0.2, -0.15) is 15.0 Å². The van der Waals surface area contributed by atoms with E-state index >= 15 is 0 Å². The highest BCUT2D eigenvalue weighted by Crippen LogP contribution is 2.38. The van der Waals surface area contributed by atoms with E-state index in [0.717, 1.165) is 48.3 Å². The summed E-state index contributed by atoms with van der Waals surface area (Å²) in [5, 5.41) is 16.5. The number of carboxylic acids is 1. The summed E-state index contributed by atoms with van der Waals surface area (Å²) >= 11 is 34.9. The molecule has 1 aromatic heterocycles. The molecule has 3 aliphatic rings. The average Bonchev–Trinajstić information content (AvgIpc) is 2.53. The van der Waals surface area contributed by atoms with Crippen molar-refractivity contribution in [1.29, 1.82) is 0 Å². The fourth-order valence-corrected chi connectivity index (χ4v) is 9.68. The van der Waals surface area contributed by atoms with Crippen LogP contribution in [0, 0.1) is 6.92 Å². The Morgan fingerprint density at radius 1 is 0.929 bits per heavy atom. The first kappa shape index (κ1) is 73.6. The van der Waals surface area contributed by atoms with Crippen molar-refractivity contribution >= 4 is 148 Å². The van der Waals surface area contributed by atoms with Gasteiger partial charge in [-0.25, -0.2) is 9.69 Å². The van der Waals surface area contributed by atoms with Gasteiger partial charge in [0.25, 0.3) is 17.7 Å². The minimum absolute atomic E-state index is 0.0223. The third-order valence-corrected chi connectivity index (χ3v) is 14.0. The fraction of sp³-hybridized carbons (Fsp3) is 0.446. The highest BCUT2D eigenvalue weighted by molar-refractivity contribution is 7.51. The Morgan fingerprint density at radius 2 is 1.56 bits per heavy atom. The largest absolute Gasteiger partial charge is 0.489 e. The minimum Gasteiger partial charge on any atom is -0.489 e. The van der Waals surface area contributed by atoms with Crippen LogP contribution < -0.4 is 35.4 Å². The van der Waals surface area contributed by atoms with Crippen molar-refractivity contribution in [2.45, 2.75) is 110 Å². The Labute approximate surface area is 525 Å². The Bertz CT molecular complexity index is 3030. The first-order valence-electron chi connectivity index (χ1n) is 26.8. The molecule has 0 radical (unpaired) electrons. The number of benzene rings is 3. The number of ether oxygens (including phenoxy) is 3. The number of alkyl halides is 3. The van der Waals surface area contributed by atoms with Crippen LogP contribution in [0.15, 0.2) is 76.8 Å². The number of rotatable bonds is 19. The maximum atomic E-state index is 12.7. The molecule has 1 aliphatic carbocycles. The lowest BCUT2D eigenvalue weighted by Gasteiger charge is -2.35. The van der Waals surface area contributed by atoms with Crippen molar-refractivity contribution in [3.8, 4) is 5.75 Å². The number of carbonyl (C=O) groups is 6. The molecule has 0 spiro atoms. The quantitative estimate of drug-likeness (QED) is 0.0167. The second kappa shape index (κ2) is 36.5. The topological polar surface area (TPSA) is 292 Å². The highest BCUT2D eigenvalue weighted by Gasteiger charge is 2.40. The number of esters is 1. The van der Waals surface area contributed by atoms with Gasteiger partial charge in [-0.05, 0) is 145 Å². The number of anilines is 5. The van der Waals surface area contributed by atoms with Crippen LogP contribution in [0.2, 0.25) is 10.3 Å². The number of imide groups is 1.